The molecular weight excluding hydrogens is 172 g/mol. The highest BCUT2D eigenvalue weighted by molar-refractivity contribution is 5.95. The van der Waals surface area contributed by atoms with E-state index in [0.29, 0.717) is 5.41 Å². The van der Waals surface area contributed by atoms with E-state index in [1.165, 1.54) is 5.57 Å². The van der Waals surface area contributed by atoms with Gasteiger partial charge in [-0.25, -0.2) is 0 Å². The van der Waals surface area contributed by atoms with Crippen molar-refractivity contribution < 1.29 is 4.79 Å². The molecule has 0 atom stereocenters. The van der Waals surface area contributed by atoms with Gasteiger partial charge in [-0.3, -0.25) is 4.79 Å². The first-order valence-corrected chi connectivity index (χ1v) is 5.37. The van der Waals surface area contributed by atoms with E-state index in [1.807, 2.05) is 0 Å². The Morgan fingerprint density at radius 1 is 1.21 bits per heavy atom. The fourth-order valence-electron chi connectivity index (χ4n) is 3.51. The van der Waals surface area contributed by atoms with Crippen LogP contribution >= 0.6 is 0 Å². The first kappa shape index (κ1) is 11.5. The number of allylic oxidation sites excluding steroid dienone is 2. The number of ketones is 1. The molecule has 0 unspecified atom stereocenters. The first-order chi connectivity index (χ1) is 6.16. The third-order valence-electron chi connectivity index (χ3n) is 3.12. The molecule has 0 aromatic rings. The zero-order chi connectivity index (χ0) is 11.1. The number of hydrogen-bond acceptors (Lipinski definition) is 1. The summed E-state index contributed by atoms with van der Waals surface area (Å²) in [6.07, 6.45) is 2.16. The molecule has 1 heteroatoms. The summed E-state index contributed by atoms with van der Waals surface area (Å²) in [5, 5.41) is 0. The lowest BCUT2D eigenvalue weighted by molar-refractivity contribution is -0.115. The minimum Gasteiger partial charge on any atom is -0.295 e. The van der Waals surface area contributed by atoms with Crippen LogP contribution in [0.4, 0.5) is 0 Å². The molecule has 0 N–H and O–H groups in total. The molecule has 0 saturated carbocycles. The highest BCUT2D eigenvalue weighted by Crippen LogP contribution is 2.48. The molecule has 1 aliphatic rings. The van der Waals surface area contributed by atoms with Gasteiger partial charge in [0.05, 0.1) is 0 Å². The van der Waals surface area contributed by atoms with E-state index in [-0.39, 0.29) is 11.2 Å². The standard InChI is InChI=1S/C13H22O/c1-9-7-12(3,4)8-13(5,6)11(9)10(2)14/h7-8H2,1-6H3. The van der Waals surface area contributed by atoms with Crippen molar-refractivity contribution in [2.24, 2.45) is 10.8 Å². The maximum atomic E-state index is 11.6. The molecule has 14 heavy (non-hydrogen) atoms. The van der Waals surface area contributed by atoms with Gasteiger partial charge in [-0.15, -0.1) is 0 Å². The van der Waals surface area contributed by atoms with Gasteiger partial charge in [0.15, 0.2) is 5.78 Å². The minimum atomic E-state index is 0.0532. The lowest BCUT2D eigenvalue weighted by Crippen LogP contribution is -2.33. The van der Waals surface area contributed by atoms with Crippen LogP contribution in [0.15, 0.2) is 11.1 Å². The molecule has 0 aliphatic heterocycles. The van der Waals surface area contributed by atoms with Gasteiger partial charge in [0.1, 0.15) is 0 Å². The normalized spacial score (nSPS) is 25.0. The van der Waals surface area contributed by atoms with Crippen molar-refractivity contribution in [1.82, 2.24) is 0 Å². The second-order valence-electron chi connectivity index (χ2n) is 6.11. The molecule has 0 saturated heterocycles. The average molecular weight is 194 g/mol. The SMILES string of the molecule is CC(=O)C1=C(C)CC(C)(C)CC1(C)C. The van der Waals surface area contributed by atoms with Gasteiger partial charge in [0.25, 0.3) is 0 Å². The van der Waals surface area contributed by atoms with E-state index >= 15 is 0 Å². The molecule has 0 radical (unpaired) electrons. The van der Waals surface area contributed by atoms with Crippen LogP contribution in [0, 0.1) is 10.8 Å². The summed E-state index contributed by atoms with van der Waals surface area (Å²) >= 11 is 0. The molecular formula is C13H22O. The van der Waals surface area contributed by atoms with Crippen molar-refractivity contribution in [3.05, 3.63) is 11.1 Å². The predicted octanol–water partition coefficient (Wildman–Crippen LogP) is 3.74. The second kappa shape index (κ2) is 3.22. The van der Waals surface area contributed by atoms with Crippen molar-refractivity contribution >= 4 is 5.78 Å². The summed E-state index contributed by atoms with van der Waals surface area (Å²) in [4.78, 5) is 11.6. The smallest absolute Gasteiger partial charge is 0.156 e. The Bertz CT molecular complexity index is 292. The second-order valence-corrected chi connectivity index (χ2v) is 6.11. The van der Waals surface area contributed by atoms with Gasteiger partial charge in [-0.1, -0.05) is 33.3 Å². The average Bonchev–Trinajstić information content (AvgIpc) is 1.75. The number of carbonyl (C=O) groups is 1. The maximum Gasteiger partial charge on any atom is 0.156 e. The molecule has 0 spiro atoms. The highest BCUT2D eigenvalue weighted by atomic mass is 16.1. The molecule has 0 bridgehead atoms. The minimum absolute atomic E-state index is 0.0532. The van der Waals surface area contributed by atoms with Crippen molar-refractivity contribution in [2.75, 3.05) is 0 Å². The molecule has 0 heterocycles. The fraction of sp³-hybridized carbons (Fsp3) is 0.769. The van der Waals surface area contributed by atoms with Crippen molar-refractivity contribution in [1.29, 1.82) is 0 Å². The molecule has 1 nitrogen and oxygen atoms in total. The highest BCUT2D eigenvalue weighted by Gasteiger charge is 2.39. The van der Waals surface area contributed by atoms with Crippen LogP contribution in [-0.4, -0.2) is 5.78 Å². The summed E-state index contributed by atoms with van der Waals surface area (Å²) in [5.74, 6) is 0.253. The Hall–Kier alpha value is -0.590. The van der Waals surface area contributed by atoms with Gasteiger partial charge in [0, 0.05) is 0 Å². The Morgan fingerprint density at radius 2 is 1.71 bits per heavy atom. The fourth-order valence-corrected chi connectivity index (χ4v) is 3.51. The van der Waals surface area contributed by atoms with E-state index in [0.717, 1.165) is 18.4 Å². The van der Waals surface area contributed by atoms with Crippen molar-refractivity contribution in [3.8, 4) is 0 Å². The molecule has 0 amide bonds. The lowest BCUT2D eigenvalue weighted by atomic mass is 9.62. The Balaban J connectivity index is 3.19. The van der Waals surface area contributed by atoms with Crippen LogP contribution in [0.25, 0.3) is 0 Å². The zero-order valence-electron chi connectivity index (χ0n) is 10.3. The van der Waals surface area contributed by atoms with Crippen LogP contribution in [0.3, 0.4) is 0 Å². The number of rotatable bonds is 1. The summed E-state index contributed by atoms with van der Waals surface area (Å²) in [5.41, 5.74) is 2.75. The Kier molecular flexibility index (Phi) is 2.64. The molecule has 1 rings (SSSR count). The van der Waals surface area contributed by atoms with E-state index in [4.69, 9.17) is 0 Å². The van der Waals surface area contributed by atoms with E-state index in [2.05, 4.69) is 34.6 Å². The predicted molar refractivity (Wildman–Crippen MR) is 60.2 cm³/mol. The van der Waals surface area contributed by atoms with E-state index in [9.17, 15) is 4.79 Å². The van der Waals surface area contributed by atoms with Gasteiger partial charge in [-0.05, 0) is 43.1 Å². The lowest BCUT2D eigenvalue weighted by Gasteiger charge is -2.42. The summed E-state index contributed by atoms with van der Waals surface area (Å²) < 4.78 is 0. The summed E-state index contributed by atoms with van der Waals surface area (Å²) in [7, 11) is 0. The third-order valence-corrected chi connectivity index (χ3v) is 3.12. The van der Waals surface area contributed by atoms with Crippen LogP contribution in [0.5, 0.6) is 0 Å². The molecule has 0 aromatic heterocycles. The quantitative estimate of drug-likeness (QED) is 0.621. The van der Waals surface area contributed by atoms with Crippen molar-refractivity contribution in [2.45, 2.75) is 54.4 Å². The van der Waals surface area contributed by atoms with E-state index < -0.39 is 0 Å². The molecule has 0 fully saturated rings. The molecule has 1 aliphatic carbocycles. The topological polar surface area (TPSA) is 17.1 Å². The monoisotopic (exact) mass is 194 g/mol. The number of Topliss-reactive ketones (excluding diaryl/α,β-unsaturated/α-hetero) is 1. The molecule has 0 aromatic carbocycles. The van der Waals surface area contributed by atoms with Gasteiger partial charge in [0.2, 0.25) is 0 Å². The van der Waals surface area contributed by atoms with Crippen LogP contribution < -0.4 is 0 Å². The van der Waals surface area contributed by atoms with Gasteiger partial charge in [-0.2, -0.15) is 0 Å². The van der Waals surface area contributed by atoms with Gasteiger partial charge >= 0.3 is 0 Å². The Morgan fingerprint density at radius 3 is 2.07 bits per heavy atom. The van der Waals surface area contributed by atoms with Crippen LogP contribution in [0.1, 0.15) is 54.4 Å². The zero-order valence-corrected chi connectivity index (χ0v) is 10.3. The van der Waals surface area contributed by atoms with Gasteiger partial charge < -0.3 is 0 Å². The van der Waals surface area contributed by atoms with Crippen molar-refractivity contribution in [3.63, 3.8) is 0 Å². The Labute approximate surface area is 87.6 Å². The molecule has 80 valence electrons. The largest absolute Gasteiger partial charge is 0.295 e. The maximum absolute atomic E-state index is 11.6. The van der Waals surface area contributed by atoms with Crippen LogP contribution in [-0.2, 0) is 4.79 Å². The first-order valence-electron chi connectivity index (χ1n) is 5.37. The summed E-state index contributed by atoms with van der Waals surface area (Å²) in [6, 6.07) is 0. The third kappa shape index (κ3) is 2.08. The number of hydrogen-bond donors (Lipinski definition) is 0. The summed E-state index contributed by atoms with van der Waals surface area (Å²) in [6.45, 7) is 12.8. The number of carbonyl (C=O) groups excluding carboxylic acids is 1. The van der Waals surface area contributed by atoms with E-state index in [1.54, 1.807) is 6.92 Å². The van der Waals surface area contributed by atoms with Crippen LogP contribution in [0.2, 0.25) is 0 Å².